The fourth-order valence-electron chi connectivity index (χ4n) is 2.91. The molecule has 3 heteroatoms. The smallest absolute Gasteiger partial charge is 0.138 e. The van der Waals surface area contributed by atoms with Gasteiger partial charge in [-0.1, -0.05) is 30.9 Å². The third-order valence-electron chi connectivity index (χ3n) is 3.86. The van der Waals surface area contributed by atoms with Gasteiger partial charge in [0.2, 0.25) is 0 Å². The van der Waals surface area contributed by atoms with Crippen molar-refractivity contribution >= 4 is 11.6 Å². The molecule has 2 nitrogen and oxygen atoms in total. The molecule has 1 aliphatic rings. The molecule has 2 rings (SSSR count). The highest BCUT2D eigenvalue weighted by Gasteiger charge is 2.31. The van der Waals surface area contributed by atoms with Crippen LogP contribution in [0.3, 0.4) is 0 Å². The summed E-state index contributed by atoms with van der Waals surface area (Å²) in [4.78, 5) is 0. The number of ether oxygens (including phenoxy) is 1. The van der Waals surface area contributed by atoms with Gasteiger partial charge in [-0.25, -0.2) is 0 Å². The van der Waals surface area contributed by atoms with Crippen molar-refractivity contribution < 1.29 is 4.74 Å². The number of benzene rings is 1. The summed E-state index contributed by atoms with van der Waals surface area (Å²) in [6.45, 7) is 4.69. The molecule has 0 radical (unpaired) electrons. The molecule has 0 saturated heterocycles. The van der Waals surface area contributed by atoms with Gasteiger partial charge in [0.05, 0.1) is 11.6 Å². The fourth-order valence-corrected chi connectivity index (χ4v) is 3.13. The Kier molecular flexibility index (Phi) is 4.18. The minimum absolute atomic E-state index is 0.198. The van der Waals surface area contributed by atoms with Gasteiger partial charge in [0.1, 0.15) is 5.75 Å². The SMILES string of the molecule is CCOc1cc(C)c(C2(N)CCCCC2)cc1Cl. The van der Waals surface area contributed by atoms with Crippen molar-refractivity contribution in [3.63, 3.8) is 0 Å². The lowest BCUT2D eigenvalue weighted by molar-refractivity contribution is 0.300. The van der Waals surface area contributed by atoms with Crippen LogP contribution < -0.4 is 10.5 Å². The minimum Gasteiger partial charge on any atom is -0.492 e. The van der Waals surface area contributed by atoms with E-state index in [1.807, 2.05) is 19.1 Å². The number of nitrogens with two attached hydrogens (primary N) is 1. The number of hydrogen-bond donors (Lipinski definition) is 1. The van der Waals surface area contributed by atoms with Crippen molar-refractivity contribution in [1.29, 1.82) is 0 Å². The van der Waals surface area contributed by atoms with Crippen molar-refractivity contribution in [2.45, 2.75) is 51.5 Å². The maximum atomic E-state index is 6.57. The standard InChI is InChI=1S/C15H22ClNO/c1-3-18-14-9-11(2)12(10-13(14)16)15(17)7-5-4-6-8-15/h9-10H,3-8,17H2,1-2H3. The van der Waals surface area contributed by atoms with Gasteiger partial charge in [-0.2, -0.15) is 0 Å². The van der Waals surface area contributed by atoms with Crippen LogP contribution in [0.2, 0.25) is 5.02 Å². The Balaban J connectivity index is 2.36. The molecule has 0 bridgehead atoms. The molecule has 1 fully saturated rings. The van der Waals surface area contributed by atoms with E-state index >= 15 is 0 Å². The number of aryl methyl sites for hydroxylation is 1. The van der Waals surface area contributed by atoms with E-state index in [0.29, 0.717) is 11.6 Å². The maximum Gasteiger partial charge on any atom is 0.138 e. The molecule has 1 aromatic rings. The second kappa shape index (κ2) is 5.50. The van der Waals surface area contributed by atoms with Crippen molar-refractivity contribution in [3.05, 3.63) is 28.3 Å². The molecule has 1 aromatic carbocycles. The van der Waals surface area contributed by atoms with E-state index < -0.39 is 0 Å². The van der Waals surface area contributed by atoms with E-state index in [4.69, 9.17) is 22.1 Å². The molecule has 1 saturated carbocycles. The molecule has 100 valence electrons. The number of halogens is 1. The van der Waals surface area contributed by atoms with Crippen LogP contribution in [0.5, 0.6) is 5.75 Å². The maximum absolute atomic E-state index is 6.57. The molecule has 1 aliphatic carbocycles. The molecule has 0 heterocycles. The van der Waals surface area contributed by atoms with E-state index in [1.165, 1.54) is 30.4 Å². The van der Waals surface area contributed by atoms with Gasteiger partial charge in [-0.3, -0.25) is 0 Å². The zero-order valence-electron chi connectivity index (χ0n) is 11.3. The summed E-state index contributed by atoms with van der Waals surface area (Å²) in [6.07, 6.45) is 5.82. The van der Waals surface area contributed by atoms with Gasteiger partial charge < -0.3 is 10.5 Å². The Bertz CT molecular complexity index is 425. The normalized spacial score (nSPS) is 18.7. The second-order valence-electron chi connectivity index (χ2n) is 5.25. The van der Waals surface area contributed by atoms with Crippen molar-refractivity contribution in [2.24, 2.45) is 5.73 Å². The topological polar surface area (TPSA) is 35.2 Å². The summed E-state index contributed by atoms with van der Waals surface area (Å²) in [5, 5.41) is 0.674. The van der Waals surface area contributed by atoms with Crippen LogP contribution in [-0.4, -0.2) is 6.61 Å². The van der Waals surface area contributed by atoms with Crippen LogP contribution >= 0.6 is 11.6 Å². The van der Waals surface area contributed by atoms with Crippen molar-refractivity contribution in [2.75, 3.05) is 6.61 Å². The van der Waals surface area contributed by atoms with E-state index in [0.717, 1.165) is 18.6 Å². The lowest BCUT2D eigenvalue weighted by Gasteiger charge is -2.35. The Morgan fingerprint density at radius 3 is 2.56 bits per heavy atom. The largest absolute Gasteiger partial charge is 0.492 e. The predicted molar refractivity (Wildman–Crippen MR) is 76.3 cm³/mol. The molecule has 0 amide bonds. The molecule has 0 aromatic heterocycles. The lowest BCUT2D eigenvalue weighted by atomic mass is 9.76. The van der Waals surface area contributed by atoms with Crippen LogP contribution in [-0.2, 0) is 5.54 Å². The quantitative estimate of drug-likeness (QED) is 0.892. The molecular weight excluding hydrogens is 246 g/mol. The van der Waals surface area contributed by atoms with Crippen LogP contribution in [0.15, 0.2) is 12.1 Å². The summed E-state index contributed by atoms with van der Waals surface area (Å²) in [5.74, 6) is 0.764. The zero-order valence-corrected chi connectivity index (χ0v) is 12.0. The molecule has 0 unspecified atom stereocenters. The predicted octanol–water partition coefficient (Wildman–Crippen LogP) is 4.17. The molecule has 0 aliphatic heterocycles. The average Bonchev–Trinajstić information content (AvgIpc) is 2.34. The summed E-state index contributed by atoms with van der Waals surface area (Å²) in [6, 6.07) is 4.03. The number of rotatable bonds is 3. The fraction of sp³-hybridized carbons (Fsp3) is 0.600. The highest BCUT2D eigenvalue weighted by molar-refractivity contribution is 6.32. The van der Waals surface area contributed by atoms with Crippen LogP contribution in [0.25, 0.3) is 0 Å². The summed E-state index contributed by atoms with van der Waals surface area (Å²) in [7, 11) is 0. The van der Waals surface area contributed by atoms with Gasteiger partial charge in [0, 0.05) is 5.54 Å². The molecule has 18 heavy (non-hydrogen) atoms. The lowest BCUT2D eigenvalue weighted by Crippen LogP contribution is -2.39. The van der Waals surface area contributed by atoms with Crippen LogP contribution in [0, 0.1) is 6.92 Å². The Morgan fingerprint density at radius 2 is 1.94 bits per heavy atom. The Hall–Kier alpha value is -0.730. The van der Waals surface area contributed by atoms with Gasteiger partial charge in [-0.15, -0.1) is 0 Å². The monoisotopic (exact) mass is 267 g/mol. The van der Waals surface area contributed by atoms with Crippen molar-refractivity contribution in [1.82, 2.24) is 0 Å². The zero-order chi connectivity index (χ0) is 13.2. The molecule has 0 spiro atoms. The minimum atomic E-state index is -0.198. The third kappa shape index (κ3) is 2.65. The molecule has 2 N–H and O–H groups in total. The van der Waals surface area contributed by atoms with E-state index in [-0.39, 0.29) is 5.54 Å². The Morgan fingerprint density at radius 1 is 1.28 bits per heavy atom. The van der Waals surface area contributed by atoms with Crippen LogP contribution in [0.4, 0.5) is 0 Å². The first-order chi connectivity index (χ1) is 8.57. The average molecular weight is 268 g/mol. The van der Waals surface area contributed by atoms with Gasteiger partial charge in [-0.05, 0) is 49.9 Å². The third-order valence-corrected chi connectivity index (χ3v) is 4.16. The van der Waals surface area contributed by atoms with E-state index in [2.05, 4.69) is 6.92 Å². The van der Waals surface area contributed by atoms with E-state index in [1.54, 1.807) is 0 Å². The summed E-state index contributed by atoms with van der Waals surface area (Å²) < 4.78 is 5.52. The first kappa shape index (κ1) is 13.7. The highest BCUT2D eigenvalue weighted by Crippen LogP contribution is 2.39. The van der Waals surface area contributed by atoms with Gasteiger partial charge >= 0.3 is 0 Å². The first-order valence-corrected chi connectivity index (χ1v) is 7.17. The van der Waals surface area contributed by atoms with Crippen molar-refractivity contribution in [3.8, 4) is 5.75 Å². The molecular formula is C15H22ClNO. The number of hydrogen-bond acceptors (Lipinski definition) is 2. The molecule has 0 atom stereocenters. The Labute approximate surface area is 114 Å². The highest BCUT2D eigenvalue weighted by atomic mass is 35.5. The first-order valence-electron chi connectivity index (χ1n) is 6.79. The van der Waals surface area contributed by atoms with Gasteiger partial charge in [0.25, 0.3) is 0 Å². The van der Waals surface area contributed by atoms with E-state index in [9.17, 15) is 0 Å². The summed E-state index contributed by atoms with van der Waals surface area (Å²) >= 11 is 6.28. The summed E-state index contributed by atoms with van der Waals surface area (Å²) in [5.41, 5.74) is 8.75. The van der Waals surface area contributed by atoms with Crippen LogP contribution in [0.1, 0.15) is 50.2 Å². The van der Waals surface area contributed by atoms with Gasteiger partial charge in [0.15, 0.2) is 0 Å². The second-order valence-corrected chi connectivity index (χ2v) is 5.65.